The molecule has 0 aliphatic rings. The Bertz CT molecular complexity index is 1200. The van der Waals surface area contributed by atoms with E-state index in [2.05, 4.69) is 12.1 Å². The highest BCUT2D eigenvalue weighted by atomic mass is 16.2. The van der Waals surface area contributed by atoms with Gasteiger partial charge in [-0.3, -0.25) is 9.59 Å². The minimum absolute atomic E-state index is 0.00258. The zero-order valence-electron chi connectivity index (χ0n) is 14.7. The SMILES string of the molecule is CCC(=O)C(=O)Cc1nc2c3ccccc3c3ccccc3c2nc1C. The first-order valence-electron chi connectivity index (χ1n) is 8.73. The standard InChI is InChI=1S/C22H18N2O2/c1-3-19(25)20(26)12-18-13(2)23-21-16-10-6-4-8-14(16)15-9-5-7-11-17(15)22(21)24-18/h4-11H,3,12H2,1-2H3. The van der Waals surface area contributed by atoms with E-state index in [0.717, 1.165) is 32.6 Å². The molecule has 1 aromatic heterocycles. The molecule has 0 aliphatic heterocycles. The number of ketones is 2. The third-order valence-corrected chi connectivity index (χ3v) is 4.78. The van der Waals surface area contributed by atoms with Crippen LogP contribution in [0.1, 0.15) is 24.7 Å². The summed E-state index contributed by atoms with van der Waals surface area (Å²) in [5.41, 5.74) is 2.87. The number of aromatic nitrogens is 2. The van der Waals surface area contributed by atoms with E-state index in [0.29, 0.717) is 11.4 Å². The van der Waals surface area contributed by atoms with Crippen LogP contribution in [0.15, 0.2) is 48.5 Å². The van der Waals surface area contributed by atoms with Gasteiger partial charge in [0.2, 0.25) is 5.78 Å². The first-order valence-corrected chi connectivity index (χ1v) is 8.73. The molecular weight excluding hydrogens is 324 g/mol. The van der Waals surface area contributed by atoms with E-state index in [1.54, 1.807) is 6.92 Å². The highest BCUT2D eigenvalue weighted by molar-refractivity contribution is 6.37. The second-order valence-corrected chi connectivity index (χ2v) is 6.42. The molecule has 0 saturated heterocycles. The highest BCUT2D eigenvalue weighted by Crippen LogP contribution is 2.33. The molecule has 0 spiro atoms. The molecule has 4 rings (SSSR count). The maximum absolute atomic E-state index is 12.1. The van der Waals surface area contributed by atoms with Crippen LogP contribution in [0.3, 0.4) is 0 Å². The van der Waals surface area contributed by atoms with Crippen molar-refractivity contribution in [3.8, 4) is 0 Å². The molecular formula is C22H18N2O2. The fraction of sp³-hybridized carbons (Fsp3) is 0.182. The van der Waals surface area contributed by atoms with Crippen LogP contribution in [-0.2, 0) is 16.0 Å². The first kappa shape index (κ1) is 16.3. The summed E-state index contributed by atoms with van der Waals surface area (Å²) >= 11 is 0. The number of benzene rings is 3. The highest BCUT2D eigenvalue weighted by Gasteiger charge is 2.17. The smallest absolute Gasteiger partial charge is 0.204 e. The van der Waals surface area contributed by atoms with Gasteiger partial charge in [0.15, 0.2) is 5.78 Å². The van der Waals surface area contributed by atoms with Gasteiger partial charge in [-0.2, -0.15) is 0 Å². The van der Waals surface area contributed by atoms with E-state index >= 15 is 0 Å². The van der Waals surface area contributed by atoms with E-state index in [-0.39, 0.29) is 18.6 Å². The maximum atomic E-state index is 12.1. The van der Waals surface area contributed by atoms with Gasteiger partial charge in [-0.05, 0) is 17.7 Å². The number of hydrogen-bond acceptors (Lipinski definition) is 4. The van der Waals surface area contributed by atoms with Gasteiger partial charge >= 0.3 is 0 Å². The van der Waals surface area contributed by atoms with Crippen LogP contribution in [0.5, 0.6) is 0 Å². The van der Waals surface area contributed by atoms with E-state index < -0.39 is 5.78 Å². The Morgan fingerprint density at radius 3 is 1.81 bits per heavy atom. The molecule has 1 heterocycles. The number of fused-ring (bicyclic) bond motifs is 6. The number of rotatable bonds is 4. The van der Waals surface area contributed by atoms with Crippen molar-refractivity contribution in [3.05, 3.63) is 59.9 Å². The molecule has 0 aliphatic carbocycles. The summed E-state index contributed by atoms with van der Waals surface area (Å²) < 4.78 is 0. The zero-order chi connectivity index (χ0) is 18.3. The average molecular weight is 342 g/mol. The topological polar surface area (TPSA) is 59.9 Å². The van der Waals surface area contributed by atoms with Crippen molar-refractivity contribution in [2.75, 3.05) is 0 Å². The monoisotopic (exact) mass is 342 g/mol. The molecule has 0 N–H and O–H groups in total. The van der Waals surface area contributed by atoms with Gasteiger partial charge < -0.3 is 0 Å². The van der Waals surface area contributed by atoms with Crippen LogP contribution in [0.4, 0.5) is 0 Å². The van der Waals surface area contributed by atoms with E-state index in [1.165, 1.54) is 0 Å². The minimum Gasteiger partial charge on any atom is -0.291 e. The van der Waals surface area contributed by atoms with Crippen molar-refractivity contribution in [1.82, 2.24) is 9.97 Å². The molecule has 0 amide bonds. The van der Waals surface area contributed by atoms with Crippen LogP contribution < -0.4 is 0 Å². The molecule has 4 aromatic rings. The van der Waals surface area contributed by atoms with Crippen molar-refractivity contribution < 1.29 is 9.59 Å². The Labute approximate surface area is 150 Å². The average Bonchev–Trinajstić information content (AvgIpc) is 2.68. The lowest BCUT2D eigenvalue weighted by molar-refractivity contribution is -0.136. The zero-order valence-corrected chi connectivity index (χ0v) is 14.7. The van der Waals surface area contributed by atoms with Crippen molar-refractivity contribution >= 4 is 44.1 Å². The van der Waals surface area contributed by atoms with Gasteiger partial charge in [0.25, 0.3) is 0 Å². The van der Waals surface area contributed by atoms with Crippen LogP contribution in [0.25, 0.3) is 32.6 Å². The summed E-state index contributed by atoms with van der Waals surface area (Å²) in [6, 6.07) is 16.2. The quantitative estimate of drug-likeness (QED) is 0.409. The molecule has 0 atom stereocenters. The van der Waals surface area contributed by atoms with Crippen molar-refractivity contribution in [1.29, 1.82) is 0 Å². The maximum Gasteiger partial charge on any atom is 0.204 e. The molecule has 4 heteroatoms. The van der Waals surface area contributed by atoms with Crippen molar-refractivity contribution in [2.24, 2.45) is 0 Å². The predicted molar refractivity (Wildman–Crippen MR) is 103 cm³/mol. The van der Waals surface area contributed by atoms with Gasteiger partial charge in [0, 0.05) is 17.2 Å². The number of carbonyl (C=O) groups is 2. The normalized spacial score (nSPS) is 11.3. The summed E-state index contributed by atoms with van der Waals surface area (Å²) in [6.45, 7) is 3.54. The summed E-state index contributed by atoms with van der Waals surface area (Å²) in [5, 5.41) is 4.29. The van der Waals surface area contributed by atoms with Gasteiger partial charge in [0.05, 0.1) is 28.8 Å². The Kier molecular flexibility index (Phi) is 3.96. The van der Waals surface area contributed by atoms with Crippen LogP contribution in [-0.4, -0.2) is 21.5 Å². The van der Waals surface area contributed by atoms with E-state index in [1.807, 2.05) is 43.3 Å². The summed E-state index contributed by atoms with van der Waals surface area (Å²) in [4.78, 5) is 33.3. The lowest BCUT2D eigenvalue weighted by Crippen LogP contribution is -2.17. The third kappa shape index (κ3) is 2.54. The fourth-order valence-electron chi connectivity index (χ4n) is 3.39. The Morgan fingerprint density at radius 1 is 0.769 bits per heavy atom. The van der Waals surface area contributed by atoms with Crippen LogP contribution in [0, 0.1) is 6.92 Å². The number of hydrogen-bond donors (Lipinski definition) is 0. The summed E-state index contributed by atoms with van der Waals surface area (Å²) in [6.07, 6.45) is 0.217. The van der Waals surface area contributed by atoms with Crippen molar-refractivity contribution in [2.45, 2.75) is 26.7 Å². The number of carbonyl (C=O) groups excluding carboxylic acids is 2. The third-order valence-electron chi connectivity index (χ3n) is 4.78. The van der Waals surface area contributed by atoms with Crippen molar-refractivity contribution in [3.63, 3.8) is 0 Å². The van der Waals surface area contributed by atoms with E-state index in [9.17, 15) is 9.59 Å². The second-order valence-electron chi connectivity index (χ2n) is 6.42. The van der Waals surface area contributed by atoms with Crippen LogP contribution in [0.2, 0.25) is 0 Å². The molecule has 26 heavy (non-hydrogen) atoms. The Hall–Kier alpha value is -3.14. The van der Waals surface area contributed by atoms with Gasteiger partial charge in [0.1, 0.15) is 0 Å². The summed E-state index contributed by atoms with van der Waals surface area (Å²) in [5.74, 6) is -0.774. The Balaban J connectivity index is 2.04. The number of nitrogens with zero attached hydrogens (tertiary/aromatic N) is 2. The largest absolute Gasteiger partial charge is 0.291 e. The lowest BCUT2D eigenvalue weighted by Gasteiger charge is -2.11. The number of aryl methyl sites for hydroxylation is 1. The first-order chi connectivity index (χ1) is 12.6. The van der Waals surface area contributed by atoms with E-state index in [4.69, 9.17) is 9.97 Å². The predicted octanol–water partition coefficient (Wildman–Crippen LogP) is 4.34. The van der Waals surface area contributed by atoms with Gasteiger partial charge in [-0.1, -0.05) is 55.5 Å². The minimum atomic E-state index is -0.408. The molecule has 0 radical (unpaired) electrons. The molecule has 0 saturated carbocycles. The fourth-order valence-corrected chi connectivity index (χ4v) is 3.39. The molecule has 128 valence electrons. The molecule has 3 aromatic carbocycles. The molecule has 4 nitrogen and oxygen atoms in total. The molecule has 0 bridgehead atoms. The second kappa shape index (κ2) is 6.30. The summed E-state index contributed by atoms with van der Waals surface area (Å²) in [7, 11) is 0. The number of Topliss-reactive ketones (excluding diaryl/α,β-unsaturated/α-hetero) is 2. The molecule has 0 fully saturated rings. The molecule has 0 unspecified atom stereocenters. The Morgan fingerprint density at radius 2 is 1.27 bits per heavy atom. The van der Waals surface area contributed by atoms with Crippen LogP contribution >= 0.6 is 0 Å². The van der Waals surface area contributed by atoms with Gasteiger partial charge in [-0.25, -0.2) is 9.97 Å². The lowest BCUT2D eigenvalue weighted by atomic mass is 9.99. The van der Waals surface area contributed by atoms with Gasteiger partial charge in [-0.15, -0.1) is 0 Å².